The molecule has 3 aromatic rings. The van der Waals surface area contributed by atoms with E-state index >= 15 is 0 Å². The summed E-state index contributed by atoms with van der Waals surface area (Å²) in [7, 11) is 0. The first-order chi connectivity index (χ1) is 9.79. The second-order valence-corrected chi connectivity index (χ2v) is 5.56. The van der Waals surface area contributed by atoms with Crippen molar-refractivity contribution in [2.75, 3.05) is 0 Å². The second kappa shape index (κ2) is 4.20. The van der Waals surface area contributed by atoms with Gasteiger partial charge in [-0.05, 0) is 37.3 Å². The number of nitrogens with one attached hydrogen (secondary N) is 1. The molecule has 0 saturated heterocycles. The van der Waals surface area contributed by atoms with Crippen molar-refractivity contribution in [3.8, 4) is 0 Å². The molecule has 1 aromatic carbocycles. The number of H-pyrrole nitrogens is 1. The van der Waals surface area contributed by atoms with Crippen molar-refractivity contribution in [2.45, 2.75) is 38.5 Å². The molecule has 0 amide bonds. The lowest BCUT2D eigenvalue weighted by molar-refractivity contribution is 0.408. The normalized spacial score (nSPS) is 15.8. The van der Waals surface area contributed by atoms with Crippen molar-refractivity contribution in [3.63, 3.8) is 0 Å². The van der Waals surface area contributed by atoms with E-state index in [-0.39, 0.29) is 5.56 Å². The molecule has 4 heteroatoms. The van der Waals surface area contributed by atoms with Crippen molar-refractivity contribution >= 4 is 16.8 Å². The largest absolute Gasteiger partial charge is 0.328 e. The minimum absolute atomic E-state index is 0.0943. The molecular weight excluding hydrogens is 250 g/mol. The van der Waals surface area contributed by atoms with Crippen molar-refractivity contribution in [3.05, 3.63) is 45.9 Å². The predicted molar refractivity (Wildman–Crippen MR) is 79.3 cm³/mol. The van der Waals surface area contributed by atoms with E-state index in [0.717, 1.165) is 28.7 Å². The second-order valence-electron chi connectivity index (χ2n) is 5.56. The van der Waals surface area contributed by atoms with Gasteiger partial charge in [-0.3, -0.25) is 4.79 Å². The fraction of sp³-hybridized carbons (Fsp3) is 0.375. The maximum Gasteiger partial charge on any atom is 0.262 e. The third-order valence-corrected chi connectivity index (χ3v) is 4.46. The SMILES string of the molecule is CCc1c(C2CCC2)[nH]c2nc3ccccc3n2c1=O. The standard InChI is InChI=1S/C16H17N3O/c1-2-11-14(10-6-5-7-10)18-16-17-12-8-3-4-9-13(12)19(16)15(11)20/h3-4,8-10H,2,5-7H2,1H3,(H,17,18). The Bertz CT molecular complexity index is 855. The van der Waals surface area contributed by atoms with E-state index in [1.807, 2.05) is 24.3 Å². The first kappa shape index (κ1) is 11.7. The summed E-state index contributed by atoms with van der Waals surface area (Å²) < 4.78 is 1.72. The molecule has 0 unspecified atom stereocenters. The van der Waals surface area contributed by atoms with E-state index in [9.17, 15) is 4.79 Å². The number of para-hydroxylation sites is 2. The highest BCUT2D eigenvalue weighted by atomic mass is 16.1. The molecule has 1 aliphatic carbocycles. The van der Waals surface area contributed by atoms with Crippen molar-refractivity contribution < 1.29 is 0 Å². The third kappa shape index (κ3) is 1.48. The Kier molecular flexibility index (Phi) is 2.46. The van der Waals surface area contributed by atoms with Gasteiger partial charge in [0.05, 0.1) is 11.0 Å². The topological polar surface area (TPSA) is 50.2 Å². The number of hydrogen-bond donors (Lipinski definition) is 1. The van der Waals surface area contributed by atoms with Gasteiger partial charge in [-0.1, -0.05) is 25.5 Å². The lowest BCUT2D eigenvalue weighted by Crippen LogP contribution is -2.25. The molecule has 0 aliphatic heterocycles. The highest BCUT2D eigenvalue weighted by Gasteiger charge is 2.25. The summed E-state index contributed by atoms with van der Waals surface area (Å²) in [6.45, 7) is 2.05. The number of nitrogens with zero attached hydrogens (tertiary/aromatic N) is 2. The van der Waals surface area contributed by atoms with Crippen LogP contribution in [0.3, 0.4) is 0 Å². The van der Waals surface area contributed by atoms with Gasteiger partial charge in [-0.25, -0.2) is 9.38 Å². The molecule has 4 rings (SSSR count). The summed E-state index contributed by atoms with van der Waals surface area (Å²) >= 11 is 0. The third-order valence-electron chi connectivity index (χ3n) is 4.46. The number of hydrogen-bond acceptors (Lipinski definition) is 2. The smallest absolute Gasteiger partial charge is 0.262 e. The molecule has 4 nitrogen and oxygen atoms in total. The van der Waals surface area contributed by atoms with Gasteiger partial charge in [0.1, 0.15) is 0 Å². The maximum atomic E-state index is 12.8. The summed E-state index contributed by atoms with van der Waals surface area (Å²) in [5.74, 6) is 1.19. The Morgan fingerprint density at radius 2 is 2.15 bits per heavy atom. The molecule has 102 valence electrons. The zero-order valence-corrected chi connectivity index (χ0v) is 11.5. The zero-order chi connectivity index (χ0) is 13.7. The van der Waals surface area contributed by atoms with Crippen LogP contribution < -0.4 is 5.56 Å². The number of rotatable bonds is 2. The molecule has 1 saturated carbocycles. The Labute approximate surface area is 116 Å². The molecular formula is C16H17N3O. The Balaban J connectivity index is 2.12. The van der Waals surface area contributed by atoms with E-state index in [2.05, 4.69) is 16.9 Å². The molecule has 0 atom stereocenters. The van der Waals surface area contributed by atoms with E-state index in [4.69, 9.17) is 0 Å². The van der Waals surface area contributed by atoms with Crippen LogP contribution in [0.15, 0.2) is 29.1 Å². The van der Waals surface area contributed by atoms with Crippen molar-refractivity contribution in [1.82, 2.24) is 14.4 Å². The minimum atomic E-state index is 0.0943. The van der Waals surface area contributed by atoms with Crippen LogP contribution in [-0.4, -0.2) is 14.4 Å². The molecule has 2 aromatic heterocycles. The number of aromatic nitrogens is 3. The lowest BCUT2D eigenvalue weighted by atomic mass is 9.81. The van der Waals surface area contributed by atoms with E-state index in [1.165, 1.54) is 19.3 Å². The van der Waals surface area contributed by atoms with Crippen molar-refractivity contribution in [1.29, 1.82) is 0 Å². The van der Waals surface area contributed by atoms with Crippen LogP contribution in [0.4, 0.5) is 0 Å². The fourth-order valence-corrected chi connectivity index (χ4v) is 3.15. The monoisotopic (exact) mass is 267 g/mol. The van der Waals surface area contributed by atoms with Gasteiger partial charge in [0.25, 0.3) is 5.56 Å². The van der Waals surface area contributed by atoms with Crippen molar-refractivity contribution in [2.24, 2.45) is 0 Å². The fourth-order valence-electron chi connectivity index (χ4n) is 3.15. The quantitative estimate of drug-likeness (QED) is 0.776. The maximum absolute atomic E-state index is 12.8. The first-order valence-corrected chi connectivity index (χ1v) is 7.32. The summed E-state index contributed by atoms with van der Waals surface area (Å²) in [5.41, 5.74) is 3.89. The number of imidazole rings is 1. The first-order valence-electron chi connectivity index (χ1n) is 7.32. The summed E-state index contributed by atoms with van der Waals surface area (Å²) in [6, 6.07) is 7.80. The highest BCUT2D eigenvalue weighted by molar-refractivity contribution is 5.79. The van der Waals surface area contributed by atoms with Gasteiger partial charge >= 0.3 is 0 Å². The molecule has 2 heterocycles. The van der Waals surface area contributed by atoms with Gasteiger partial charge < -0.3 is 4.98 Å². The van der Waals surface area contributed by atoms with Gasteiger partial charge in [-0.15, -0.1) is 0 Å². The summed E-state index contributed by atoms with van der Waals surface area (Å²) in [4.78, 5) is 20.8. The molecule has 20 heavy (non-hydrogen) atoms. The van der Waals surface area contributed by atoms with E-state index in [1.54, 1.807) is 4.40 Å². The summed E-state index contributed by atoms with van der Waals surface area (Å²) in [5, 5.41) is 0. The van der Waals surface area contributed by atoms with Gasteiger partial charge in [0.15, 0.2) is 0 Å². The minimum Gasteiger partial charge on any atom is -0.328 e. The Morgan fingerprint density at radius 3 is 2.85 bits per heavy atom. The Morgan fingerprint density at radius 1 is 1.35 bits per heavy atom. The Hall–Kier alpha value is -2.10. The summed E-state index contributed by atoms with van der Waals surface area (Å²) in [6.07, 6.45) is 4.39. The number of aromatic amines is 1. The van der Waals surface area contributed by atoms with Crippen LogP contribution in [-0.2, 0) is 6.42 Å². The van der Waals surface area contributed by atoms with Crippen LogP contribution >= 0.6 is 0 Å². The molecule has 1 aliphatic rings. The zero-order valence-electron chi connectivity index (χ0n) is 11.5. The van der Waals surface area contributed by atoms with Crippen LogP contribution in [0.5, 0.6) is 0 Å². The van der Waals surface area contributed by atoms with Crippen LogP contribution in [0.1, 0.15) is 43.4 Å². The average molecular weight is 267 g/mol. The number of benzene rings is 1. The van der Waals surface area contributed by atoms with Gasteiger partial charge in [-0.2, -0.15) is 0 Å². The lowest BCUT2D eigenvalue weighted by Gasteiger charge is -2.27. The molecule has 0 bridgehead atoms. The number of fused-ring (bicyclic) bond motifs is 3. The van der Waals surface area contributed by atoms with Gasteiger partial charge in [0.2, 0.25) is 5.78 Å². The van der Waals surface area contributed by atoms with Crippen LogP contribution in [0.25, 0.3) is 16.8 Å². The van der Waals surface area contributed by atoms with Gasteiger partial charge in [0, 0.05) is 11.3 Å². The molecule has 0 spiro atoms. The predicted octanol–water partition coefficient (Wildman–Crippen LogP) is 3.01. The molecule has 0 radical (unpaired) electrons. The van der Waals surface area contributed by atoms with Crippen LogP contribution in [0.2, 0.25) is 0 Å². The van der Waals surface area contributed by atoms with E-state index < -0.39 is 0 Å². The van der Waals surface area contributed by atoms with E-state index in [0.29, 0.717) is 11.7 Å². The average Bonchev–Trinajstić information content (AvgIpc) is 2.75. The highest BCUT2D eigenvalue weighted by Crippen LogP contribution is 2.36. The molecule has 1 N–H and O–H groups in total. The van der Waals surface area contributed by atoms with Crippen LogP contribution in [0, 0.1) is 0 Å². The molecule has 1 fully saturated rings.